The number of halogens is 1. The second-order valence-corrected chi connectivity index (χ2v) is 8.75. The third-order valence-electron chi connectivity index (χ3n) is 5.91. The van der Waals surface area contributed by atoms with Gasteiger partial charge in [-0.2, -0.15) is 0 Å². The Balaban J connectivity index is 1.64. The van der Waals surface area contributed by atoms with Gasteiger partial charge < -0.3 is 19.6 Å². The van der Waals surface area contributed by atoms with Gasteiger partial charge in [0.05, 0.1) is 18.7 Å². The van der Waals surface area contributed by atoms with Crippen LogP contribution in [0.5, 0.6) is 5.75 Å². The maximum Gasteiger partial charge on any atom is 0.294 e. The van der Waals surface area contributed by atoms with Gasteiger partial charge in [0.15, 0.2) is 22.9 Å². The Morgan fingerprint density at radius 2 is 1.89 bits per heavy atom. The zero-order valence-electron chi connectivity index (χ0n) is 19.7. The van der Waals surface area contributed by atoms with Crippen LogP contribution in [-0.2, 0) is 9.59 Å². The molecule has 2 aromatic heterocycles. The Morgan fingerprint density at radius 3 is 2.59 bits per heavy atom. The van der Waals surface area contributed by atoms with Crippen LogP contribution >= 0.6 is 11.6 Å². The number of amides is 2. The number of carbonyl (C=O) groups is 3. The van der Waals surface area contributed by atoms with Gasteiger partial charge in [0.1, 0.15) is 0 Å². The largest absolute Gasteiger partial charge is 0.503 e. The molecule has 0 fully saturated rings. The Kier molecular flexibility index (Phi) is 6.14. The number of hydrogen-bond acceptors (Lipinski definition) is 7. The standard InChI is InChI=1S/C27H20ClN3O6/c1-14(32)30-18-4-3-5-19(13-18)31-23(15-6-8-29-9-7-15)22(25(34)27(31)35)24(33)20-11-16-10-17(28)12-21(36-2)26(16)37-20/h3-13,23,34H,1-2H3,(H,30,32). The molecule has 0 spiro atoms. The van der Waals surface area contributed by atoms with Crippen molar-refractivity contribution in [2.45, 2.75) is 13.0 Å². The van der Waals surface area contributed by atoms with Gasteiger partial charge in [-0.05, 0) is 48.0 Å². The first-order chi connectivity index (χ1) is 17.8. The van der Waals surface area contributed by atoms with Crippen LogP contribution < -0.4 is 15.0 Å². The maximum absolute atomic E-state index is 13.8. The van der Waals surface area contributed by atoms with Crippen LogP contribution in [0.1, 0.15) is 29.1 Å². The molecule has 4 aromatic rings. The summed E-state index contributed by atoms with van der Waals surface area (Å²) in [5.41, 5.74) is 1.50. The topological polar surface area (TPSA) is 122 Å². The summed E-state index contributed by atoms with van der Waals surface area (Å²) < 4.78 is 11.1. The number of aromatic nitrogens is 1. The lowest BCUT2D eigenvalue weighted by Gasteiger charge is -2.27. The van der Waals surface area contributed by atoms with E-state index in [0.29, 0.717) is 38.7 Å². The van der Waals surface area contributed by atoms with Crippen molar-refractivity contribution in [2.75, 3.05) is 17.3 Å². The van der Waals surface area contributed by atoms with Crippen molar-refractivity contribution >= 4 is 51.5 Å². The van der Waals surface area contributed by atoms with E-state index in [2.05, 4.69) is 10.3 Å². The SMILES string of the molecule is COc1cc(Cl)cc2cc(C(=O)C3=C(O)C(=O)N(c4cccc(NC(C)=O)c4)C3c3ccncc3)oc12. The number of nitrogens with zero attached hydrogens (tertiary/aromatic N) is 2. The van der Waals surface area contributed by atoms with Gasteiger partial charge in [-0.15, -0.1) is 0 Å². The molecule has 3 heterocycles. The smallest absolute Gasteiger partial charge is 0.294 e. The number of rotatable bonds is 6. The van der Waals surface area contributed by atoms with E-state index < -0.39 is 23.5 Å². The number of fused-ring (bicyclic) bond motifs is 1. The number of anilines is 2. The molecule has 1 atom stereocenters. The van der Waals surface area contributed by atoms with Gasteiger partial charge >= 0.3 is 0 Å². The molecule has 37 heavy (non-hydrogen) atoms. The summed E-state index contributed by atoms with van der Waals surface area (Å²) in [6.07, 6.45) is 3.05. The van der Waals surface area contributed by atoms with E-state index in [1.165, 1.54) is 37.4 Å². The van der Waals surface area contributed by atoms with Gasteiger partial charge in [-0.3, -0.25) is 24.3 Å². The van der Waals surface area contributed by atoms with Gasteiger partial charge in [0, 0.05) is 47.2 Å². The number of ketones is 1. The van der Waals surface area contributed by atoms with Crippen LogP contribution in [0.2, 0.25) is 5.02 Å². The van der Waals surface area contributed by atoms with Crippen molar-refractivity contribution in [3.05, 3.63) is 94.7 Å². The first kappa shape index (κ1) is 24.1. The first-order valence-electron chi connectivity index (χ1n) is 11.1. The molecule has 10 heteroatoms. The van der Waals surface area contributed by atoms with E-state index in [9.17, 15) is 19.5 Å². The van der Waals surface area contributed by atoms with Crippen LogP contribution in [0.4, 0.5) is 11.4 Å². The summed E-state index contributed by atoms with van der Waals surface area (Å²) in [4.78, 5) is 44.1. The Hall–Kier alpha value is -4.63. The number of benzene rings is 2. The molecular formula is C27H20ClN3O6. The normalized spacial score (nSPS) is 15.4. The zero-order chi connectivity index (χ0) is 26.3. The molecule has 1 unspecified atom stereocenters. The van der Waals surface area contributed by atoms with E-state index in [0.717, 1.165) is 0 Å². The minimum absolute atomic E-state index is 0.0992. The number of nitrogens with one attached hydrogen (secondary N) is 1. The predicted octanol–water partition coefficient (Wildman–Crippen LogP) is 5.23. The lowest BCUT2D eigenvalue weighted by atomic mass is 9.95. The number of hydrogen-bond donors (Lipinski definition) is 2. The number of methoxy groups -OCH3 is 1. The lowest BCUT2D eigenvalue weighted by molar-refractivity contribution is -0.117. The molecular weight excluding hydrogens is 498 g/mol. The lowest BCUT2D eigenvalue weighted by Crippen LogP contribution is -2.31. The number of carbonyl (C=O) groups excluding carboxylic acids is 3. The highest BCUT2D eigenvalue weighted by atomic mass is 35.5. The molecule has 0 aliphatic carbocycles. The Morgan fingerprint density at radius 1 is 1.14 bits per heavy atom. The first-order valence-corrected chi connectivity index (χ1v) is 11.5. The number of aliphatic hydroxyl groups excluding tert-OH is 1. The van der Waals surface area contributed by atoms with Crippen LogP contribution in [0.25, 0.3) is 11.0 Å². The second-order valence-electron chi connectivity index (χ2n) is 8.32. The number of ether oxygens (including phenoxy) is 1. The fourth-order valence-electron chi connectivity index (χ4n) is 4.38. The molecule has 0 bridgehead atoms. The quantitative estimate of drug-likeness (QED) is 0.336. The molecule has 2 aromatic carbocycles. The number of pyridine rings is 1. The second kappa shape index (κ2) is 9.44. The van der Waals surface area contributed by atoms with Crippen molar-refractivity contribution in [3.8, 4) is 5.75 Å². The Labute approximate surface area is 215 Å². The molecule has 5 rings (SSSR count). The molecule has 2 amide bonds. The zero-order valence-corrected chi connectivity index (χ0v) is 20.4. The van der Waals surface area contributed by atoms with E-state index in [-0.39, 0.29) is 17.2 Å². The molecule has 1 aliphatic heterocycles. The van der Waals surface area contributed by atoms with Crippen LogP contribution in [0.3, 0.4) is 0 Å². The van der Waals surface area contributed by atoms with Gasteiger partial charge in [-0.1, -0.05) is 17.7 Å². The van der Waals surface area contributed by atoms with Crippen LogP contribution in [0.15, 0.2) is 82.7 Å². The van der Waals surface area contributed by atoms with Crippen LogP contribution in [0, 0.1) is 0 Å². The summed E-state index contributed by atoms with van der Waals surface area (Å²) in [7, 11) is 1.45. The fraction of sp³-hybridized carbons (Fsp3) is 0.111. The summed E-state index contributed by atoms with van der Waals surface area (Å²) in [6.45, 7) is 1.37. The molecule has 2 N–H and O–H groups in total. The molecule has 9 nitrogen and oxygen atoms in total. The predicted molar refractivity (Wildman–Crippen MR) is 137 cm³/mol. The Bertz CT molecular complexity index is 1590. The monoisotopic (exact) mass is 517 g/mol. The average Bonchev–Trinajstić information content (AvgIpc) is 3.42. The summed E-state index contributed by atoms with van der Waals surface area (Å²) in [5, 5.41) is 14.6. The number of aliphatic hydroxyl groups is 1. The molecule has 0 saturated heterocycles. The van der Waals surface area contributed by atoms with E-state index >= 15 is 0 Å². The fourth-order valence-corrected chi connectivity index (χ4v) is 4.60. The molecule has 1 aliphatic rings. The van der Waals surface area contributed by atoms with Crippen molar-refractivity contribution < 1.29 is 28.6 Å². The van der Waals surface area contributed by atoms with E-state index in [1.54, 1.807) is 48.5 Å². The third kappa shape index (κ3) is 4.30. The van der Waals surface area contributed by atoms with Crippen molar-refractivity contribution in [1.29, 1.82) is 0 Å². The highest BCUT2D eigenvalue weighted by molar-refractivity contribution is 6.31. The number of Topliss-reactive ketones (excluding diaryl/α,β-unsaturated/α-hetero) is 1. The van der Waals surface area contributed by atoms with Crippen molar-refractivity contribution in [3.63, 3.8) is 0 Å². The third-order valence-corrected chi connectivity index (χ3v) is 6.13. The highest BCUT2D eigenvalue weighted by Crippen LogP contribution is 2.43. The van der Waals surface area contributed by atoms with Crippen molar-refractivity contribution in [2.24, 2.45) is 0 Å². The van der Waals surface area contributed by atoms with Gasteiger partial charge in [0.2, 0.25) is 11.7 Å². The minimum atomic E-state index is -0.991. The van der Waals surface area contributed by atoms with Gasteiger partial charge in [-0.25, -0.2) is 0 Å². The average molecular weight is 518 g/mol. The molecule has 0 radical (unpaired) electrons. The van der Waals surface area contributed by atoms with Crippen molar-refractivity contribution in [1.82, 2.24) is 4.98 Å². The highest BCUT2D eigenvalue weighted by Gasteiger charge is 2.45. The van der Waals surface area contributed by atoms with Gasteiger partial charge in [0.25, 0.3) is 5.91 Å². The summed E-state index contributed by atoms with van der Waals surface area (Å²) in [6, 6.07) is 13.5. The molecule has 0 saturated carbocycles. The summed E-state index contributed by atoms with van der Waals surface area (Å²) in [5.74, 6) is -2.21. The minimum Gasteiger partial charge on any atom is -0.503 e. The van der Waals surface area contributed by atoms with E-state index in [1.807, 2.05) is 0 Å². The van der Waals surface area contributed by atoms with E-state index in [4.69, 9.17) is 20.8 Å². The summed E-state index contributed by atoms with van der Waals surface area (Å²) >= 11 is 6.16. The maximum atomic E-state index is 13.8. The van der Waals surface area contributed by atoms with Crippen LogP contribution in [-0.4, -0.2) is 34.8 Å². The number of furan rings is 1. The molecule has 186 valence electrons.